The summed E-state index contributed by atoms with van der Waals surface area (Å²) in [5.74, 6) is 0.886. The van der Waals surface area contributed by atoms with E-state index in [2.05, 4.69) is 23.2 Å². The van der Waals surface area contributed by atoms with Crippen molar-refractivity contribution in [2.24, 2.45) is 5.73 Å². The van der Waals surface area contributed by atoms with E-state index in [9.17, 15) is 0 Å². The van der Waals surface area contributed by atoms with E-state index < -0.39 is 0 Å². The Balaban J connectivity index is 2.14. The van der Waals surface area contributed by atoms with E-state index >= 15 is 0 Å². The number of ether oxygens (including phenoxy) is 1. The van der Waals surface area contributed by atoms with E-state index in [0.717, 1.165) is 37.4 Å². The quantitative estimate of drug-likeness (QED) is 0.867. The SMILES string of the molecule is CCN1CCCC(CN)(Nc2ccccc2OC)CC1. The third kappa shape index (κ3) is 3.44. The third-order valence-corrected chi connectivity index (χ3v) is 4.38. The number of rotatable bonds is 5. The number of nitrogens with one attached hydrogen (secondary N) is 1. The maximum atomic E-state index is 6.11. The summed E-state index contributed by atoms with van der Waals surface area (Å²) in [4.78, 5) is 2.50. The first-order chi connectivity index (χ1) is 9.73. The Hall–Kier alpha value is -1.26. The molecule has 1 aliphatic heterocycles. The highest BCUT2D eigenvalue weighted by Crippen LogP contribution is 2.31. The summed E-state index contributed by atoms with van der Waals surface area (Å²) >= 11 is 0. The summed E-state index contributed by atoms with van der Waals surface area (Å²) in [5.41, 5.74) is 7.14. The molecular weight excluding hydrogens is 250 g/mol. The van der Waals surface area contributed by atoms with Crippen molar-refractivity contribution in [2.45, 2.75) is 31.7 Å². The van der Waals surface area contributed by atoms with Crippen molar-refractivity contribution >= 4 is 5.69 Å². The van der Waals surface area contributed by atoms with Gasteiger partial charge in [-0.15, -0.1) is 0 Å². The molecule has 112 valence electrons. The van der Waals surface area contributed by atoms with E-state index in [1.807, 2.05) is 18.2 Å². The van der Waals surface area contributed by atoms with E-state index in [-0.39, 0.29) is 5.54 Å². The van der Waals surface area contributed by atoms with Crippen molar-refractivity contribution in [2.75, 3.05) is 38.6 Å². The zero-order valence-electron chi connectivity index (χ0n) is 12.7. The highest BCUT2D eigenvalue weighted by molar-refractivity contribution is 5.57. The van der Waals surface area contributed by atoms with Crippen LogP contribution in [0.3, 0.4) is 0 Å². The van der Waals surface area contributed by atoms with Crippen LogP contribution in [0.25, 0.3) is 0 Å². The molecule has 0 amide bonds. The van der Waals surface area contributed by atoms with Crippen molar-refractivity contribution in [1.29, 1.82) is 0 Å². The van der Waals surface area contributed by atoms with Crippen LogP contribution in [0, 0.1) is 0 Å². The normalized spacial score (nSPS) is 24.1. The van der Waals surface area contributed by atoms with Gasteiger partial charge in [0.1, 0.15) is 5.75 Å². The first kappa shape index (κ1) is 15.1. The van der Waals surface area contributed by atoms with Crippen molar-refractivity contribution in [3.05, 3.63) is 24.3 Å². The average molecular weight is 277 g/mol. The molecule has 4 nitrogen and oxygen atoms in total. The fourth-order valence-electron chi connectivity index (χ4n) is 2.98. The Morgan fingerprint density at radius 3 is 2.80 bits per heavy atom. The highest BCUT2D eigenvalue weighted by atomic mass is 16.5. The predicted molar refractivity (Wildman–Crippen MR) is 84.4 cm³/mol. The van der Waals surface area contributed by atoms with Crippen LogP contribution >= 0.6 is 0 Å². The Bertz CT molecular complexity index is 424. The molecule has 0 bridgehead atoms. The van der Waals surface area contributed by atoms with Crippen LogP contribution in [0.1, 0.15) is 26.2 Å². The van der Waals surface area contributed by atoms with Crippen molar-refractivity contribution in [3.63, 3.8) is 0 Å². The smallest absolute Gasteiger partial charge is 0.141 e. The lowest BCUT2D eigenvalue weighted by atomic mass is 9.90. The summed E-state index contributed by atoms with van der Waals surface area (Å²) in [6, 6.07) is 8.08. The van der Waals surface area contributed by atoms with Gasteiger partial charge in [0, 0.05) is 13.1 Å². The molecule has 0 aliphatic carbocycles. The molecule has 1 aliphatic rings. The van der Waals surface area contributed by atoms with Gasteiger partial charge >= 0.3 is 0 Å². The van der Waals surface area contributed by atoms with Gasteiger partial charge in [-0.25, -0.2) is 0 Å². The molecule has 1 fully saturated rings. The molecule has 1 aromatic carbocycles. The number of likely N-dealkylation sites (tertiary alicyclic amines) is 1. The van der Waals surface area contributed by atoms with Crippen LogP contribution < -0.4 is 15.8 Å². The number of hydrogen-bond acceptors (Lipinski definition) is 4. The number of hydrogen-bond donors (Lipinski definition) is 2. The zero-order chi connectivity index (χ0) is 14.4. The van der Waals surface area contributed by atoms with Gasteiger partial charge < -0.3 is 20.7 Å². The number of para-hydroxylation sites is 2. The largest absolute Gasteiger partial charge is 0.495 e. The predicted octanol–water partition coefficient (Wildman–Crippen LogP) is 2.31. The lowest BCUT2D eigenvalue weighted by molar-refractivity contribution is 0.293. The molecular formula is C16H27N3O. The van der Waals surface area contributed by atoms with Gasteiger partial charge in [-0.05, 0) is 44.5 Å². The lowest BCUT2D eigenvalue weighted by Gasteiger charge is -2.34. The molecule has 20 heavy (non-hydrogen) atoms. The van der Waals surface area contributed by atoms with Crippen LogP contribution in [0.15, 0.2) is 24.3 Å². The van der Waals surface area contributed by atoms with Gasteiger partial charge in [0.2, 0.25) is 0 Å². The first-order valence-corrected chi connectivity index (χ1v) is 7.56. The molecule has 0 radical (unpaired) electrons. The van der Waals surface area contributed by atoms with Crippen LogP contribution in [0.4, 0.5) is 5.69 Å². The second-order valence-electron chi connectivity index (χ2n) is 5.60. The summed E-state index contributed by atoms with van der Waals surface area (Å²) in [6.45, 7) is 6.28. The number of benzene rings is 1. The van der Waals surface area contributed by atoms with Crippen LogP contribution in [0.5, 0.6) is 5.75 Å². The topological polar surface area (TPSA) is 50.5 Å². The molecule has 0 saturated carbocycles. The van der Waals surface area contributed by atoms with Gasteiger partial charge in [0.05, 0.1) is 18.3 Å². The molecule has 0 spiro atoms. The monoisotopic (exact) mass is 277 g/mol. The fraction of sp³-hybridized carbons (Fsp3) is 0.625. The van der Waals surface area contributed by atoms with Crippen molar-refractivity contribution in [3.8, 4) is 5.75 Å². The molecule has 1 aromatic rings. The standard InChI is InChI=1S/C16H27N3O/c1-3-19-11-6-9-16(13-17,10-12-19)18-14-7-4-5-8-15(14)20-2/h4-5,7-8,18H,3,6,9-13,17H2,1-2H3. The second kappa shape index (κ2) is 6.95. The molecule has 2 rings (SSSR count). The number of anilines is 1. The highest BCUT2D eigenvalue weighted by Gasteiger charge is 2.31. The van der Waals surface area contributed by atoms with Crippen molar-refractivity contribution in [1.82, 2.24) is 4.90 Å². The number of nitrogens with zero attached hydrogens (tertiary/aromatic N) is 1. The average Bonchev–Trinajstić information content (AvgIpc) is 2.70. The third-order valence-electron chi connectivity index (χ3n) is 4.38. The van der Waals surface area contributed by atoms with Gasteiger partial charge in [0.15, 0.2) is 0 Å². The summed E-state index contributed by atoms with van der Waals surface area (Å²) in [7, 11) is 1.71. The van der Waals surface area contributed by atoms with Gasteiger partial charge in [-0.1, -0.05) is 19.1 Å². The maximum absolute atomic E-state index is 6.11. The Kier molecular flexibility index (Phi) is 5.26. The summed E-state index contributed by atoms with van der Waals surface area (Å²) in [6.07, 6.45) is 3.38. The number of nitrogens with two attached hydrogens (primary N) is 1. The second-order valence-corrected chi connectivity index (χ2v) is 5.60. The molecule has 1 saturated heterocycles. The minimum Gasteiger partial charge on any atom is -0.495 e. The van der Waals surface area contributed by atoms with Gasteiger partial charge in [0.25, 0.3) is 0 Å². The molecule has 3 N–H and O–H groups in total. The number of methoxy groups -OCH3 is 1. The maximum Gasteiger partial charge on any atom is 0.141 e. The zero-order valence-corrected chi connectivity index (χ0v) is 12.7. The summed E-state index contributed by atoms with van der Waals surface area (Å²) < 4.78 is 5.44. The lowest BCUT2D eigenvalue weighted by Crippen LogP contribution is -2.46. The summed E-state index contributed by atoms with van der Waals surface area (Å²) in [5, 5.41) is 3.67. The molecule has 4 heteroatoms. The minimum atomic E-state index is -0.0153. The first-order valence-electron chi connectivity index (χ1n) is 7.56. The molecule has 1 heterocycles. The Morgan fingerprint density at radius 1 is 1.30 bits per heavy atom. The molecule has 0 aromatic heterocycles. The Morgan fingerprint density at radius 2 is 2.10 bits per heavy atom. The molecule has 1 atom stereocenters. The van der Waals surface area contributed by atoms with E-state index in [4.69, 9.17) is 10.5 Å². The van der Waals surface area contributed by atoms with E-state index in [1.165, 1.54) is 13.0 Å². The molecule has 1 unspecified atom stereocenters. The van der Waals surface area contributed by atoms with Crippen LogP contribution in [0.2, 0.25) is 0 Å². The van der Waals surface area contributed by atoms with Crippen LogP contribution in [-0.4, -0.2) is 43.7 Å². The fourth-order valence-corrected chi connectivity index (χ4v) is 2.98. The van der Waals surface area contributed by atoms with Crippen molar-refractivity contribution < 1.29 is 4.74 Å². The Labute approximate surface area is 122 Å². The minimum absolute atomic E-state index is 0.0153. The van der Waals surface area contributed by atoms with Crippen LogP contribution in [-0.2, 0) is 0 Å². The van der Waals surface area contributed by atoms with E-state index in [0.29, 0.717) is 6.54 Å². The van der Waals surface area contributed by atoms with Gasteiger partial charge in [-0.2, -0.15) is 0 Å². The van der Waals surface area contributed by atoms with Gasteiger partial charge in [-0.3, -0.25) is 0 Å². The van der Waals surface area contributed by atoms with E-state index in [1.54, 1.807) is 7.11 Å².